The maximum Gasteiger partial charge on any atom is 0.230 e. The Morgan fingerprint density at radius 1 is 1.10 bits per heavy atom. The summed E-state index contributed by atoms with van der Waals surface area (Å²) in [5.41, 5.74) is 6.76. The van der Waals surface area contributed by atoms with E-state index in [1.54, 1.807) is 18.2 Å². The van der Waals surface area contributed by atoms with Crippen LogP contribution in [0.25, 0.3) is 10.9 Å². The Kier molecular flexibility index (Phi) is 3.42. The van der Waals surface area contributed by atoms with Crippen LogP contribution in [0.1, 0.15) is 0 Å². The van der Waals surface area contributed by atoms with Crippen molar-refractivity contribution < 1.29 is 13.5 Å². The van der Waals surface area contributed by atoms with Gasteiger partial charge in [-0.05, 0) is 30.3 Å². The Morgan fingerprint density at radius 3 is 2.71 bits per heavy atom. The van der Waals surface area contributed by atoms with Crippen molar-refractivity contribution in [3.05, 3.63) is 52.8 Å². The molecule has 21 heavy (non-hydrogen) atoms. The molecule has 7 heteroatoms. The molecular weight excluding hydrogens is 344 g/mol. The van der Waals surface area contributed by atoms with E-state index >= 15 is 0 Å². The smallest absolute Gasteiger partial charge is 0.230 e. The zero-order chi connectivity index (χ0) is 15.0. The molecule has 0 atom stereocenters. The number of anilines is 1. The van der Waals surface area contributed by atoms with E-state index in [2.05, 4.69) is 25.9 Å². The highest BCUT2D eigenvalue weighted by Gasteiger charge is 2.14. The van der Waals surface area contributed by atoms with Gasteiger partial charge in [0.1, 0.15) is 6.33 Å². The Morgan fingerprint density at radius 2 is 1.90 bits per heavy atom. The standard InChI is InChI=1S/C14H8BrF2N3O/c15-7-3-10(16)13(17)12(4-7)21-14-9-2-1-8(18)5-11(9)19-6-20-14/h1-6H,18H2. The molecule has 3 rings (SSSR count). The number of hydrogen-bond donors (Lipinski definition) is 1. The van der Waals surface area contributed by atoms with E-state index in [0.717, 1.165) is 6.07 Å². The fraction of sp³-hybridized carbons (Fsp3) is 0. The van der Waals surface area contributed by atoms with Crippen LogP contribution >= 0.6 is 15.9 Å². The van der Waals surface area contributed by atoms with Crippen molar-refractivity contribution in [1.82, 2.24) is 9.97 Å². The summed E-state index contributed by atoms with van der Waals surface area (Å²) in [5.74, 6) is -2.24. The third-order valence-electron chi connectivity index (χ3n) is 2.79. The molecule has 0 amide bonds. The lowest BCUT2D eigenvalue weighted by Gasteiger charge is -2.09. The zero-order valence-electron chi connectivity index (χ0n) is 10.5. The minimum atomic E-state index is -1.08. The predicted octanol–water partition coefficient (Wildman–Crippen LogP) is 4.05. The van der Waals surface area contributed by atoms with Gasteiger partial charge < -0.3 is 10.5 Å². The van der Waals surface area contributed by atoms with E-state index in [9.17, 15) is 8.78 Å². The maximum atomic E-state index is 13.7. The van der Waals surface area contributed by atoms with E-state index in [0.29, 0.717) is 21.1 Å². The van der Waals surface area contributed by atoms with Gasteiger partial charge in [0.05, 0.1) is 10.9 Å². The minimum absolute atomic E-state index is 0.122. The van der Waals surface area contributed by atoms with Crippen molar-refractivity contribution in [2.24, 2.45) is 0 Å². The van der Waals surface area contributed by atoms with E-state index < -0.39 is 11.6 Å². The fourth-order valence-corrected chi connectivity index (χ4v) is 2.25. The van der Waals surface area contributed by atoms with Crippen LogP contribution in [0.3, 0.4) is 0 Å². The van der Waals surface area contributed by atoms with Gasteiger partial charge in [-0.1, -0.05) is 15.9 Å². The zero-order valence-corrected chi connectivity index (χ0v) is 12.1. The van der Waals surface area contributed by atoms with Gasteiger partial charge in [-0.2, -0.15) is 4.39 Å². The lowest BCUT2D eigenvalue weighted by molar-refractivity contribution is 0.408. The molecule has 0 saturated heterocycles. The lowest BCUT2D eigenvalue weighted by atomic mass is 10.2. The SMILES string of the molecule is Nc1ccc2c(Oc3cc(Br)cc(F)c3F)ncnc2c1. The molecule has 1 aromatic heterocycles. The molecule has 2 N–H and O–H groups in total. The molecule has 0 aliphatic heterocycles. The molecule has 0 spiro atoms. The van der Waals surface area contributed by atoms with Crippen molar-refractivity contribution >= 4 is 32.5 Å². The molecule has 4 nitrogen and oxygen atoms in total. The highest BCUT2D eigenvalue weighted by atomic mass is 79.9. The van der Waals surface area contributed by atoms with Gasteiger partial charge in [0.2, 0.25) is 11.7 Å². The van der Waals surface area contributed by atoms with Gasteiger partial charge in [0, 0.05) is 10.2 Å². The molecule has 1 heterocycles. The number of benzene rings is 2. The number of ether oxygens (including phenoxy) is 1. The number of nitrogens with zero attached hydrogens (tertiary/aromatic N) is 2. The number of fused-ring (bicyclic) bond motifs is 1. The van der Waals surface area contributed by atoms with Gasteiger partial charge >= 0.3 is 0 Å². The van der Waals surface area contributed by atoms with Crippen LogP contribution in [-0.2, 0) is 0 Å². The number of rotatable bonds is 2. The van der Waals surface area contributed by atoms with E-state index in [4.69, 9.17) is 10.5 Å². The quantitative estimate of drug-likeness (QED) is 0.559. The third kappa shape index (κ3) is 2.64. The Hall–Kier alpha value is -2.28. The van der Waals surface area contributed by atoms with Crippen molar-refractivity contribution in [2.75, 3.05) is 5.73 Å². The summed E-state index contributed by atoms with van der Waals surface area (Å²) >= 11 is 3.08. The molecule has 0 fully saturated rings. The topological polar surface area (TPSA) is 61.0 Å². The second-order valence-corrected chi connectivity index (χ2v) is 5.17. The molecule has 106 valence electrons. The summed E-state index contributed by atoms with van der Waals surface area (Å²) in [5, 5.41) is 0.548. The summed E-state index contributed by atoms with van der Waals surface area (Å²) in [7, 11) is 0. The normalized spacial score (nSPS) is 10.8. The molecule has 0 unspecified atom stereocenters. The van der Waals surface area contributed by atoms with Gasteiger partial charge in [-0.15, -0.1) is 0 Å². The van der Waals surface area contributed by atoms with Crippen LogP contribution in [0.2, 0.25) is 0 Å². The van der Waals surface area contributed by atoms with E-state index in [1.165, 1.54) is 12.4 Å². The number of nitrogen functional groups attached to an aromatic ring is 1. The van der Waals surface area contributed by atoms with Crippen LogP contribution in [0, 0.1) is 11.6 Å². The molecule has 0 aliphatic carbocycles. The van der Waals surface area contributed by atoms with Crippen molar-refractivity contribution in [3.63, 3.8) is 0 Å². The molecule has 2 aromatic carbocycles. The van der Waals surface area contributed by atoms with E-state index in [1.807, 2.05) is 0 Å². The summed E-state index contributed by atoms with van der Waals surface area (Å²) in [6.45, 7) is 0. The number of nitrogens with two attached hydrogens (primary N) is 1. The predicted molar refractivity (Wildman–Crippen MR) is 78.1 cm³/mol. The van der Waals surface area contributed by atoms with Crippen molar-refractivity contribution in [3.8, 4) is 11.6 Å². The summed E-state index contributed by atoms with van der Waals surface area (Å²) in [4.78, 5) is 8.01. The third-order valence-corrected chi connectivity index (χ3v) is 3.25. The molecule has 0 bridgehead atoms. The van der Waals surface area contributed by atoms with Crippen LogP contribution in [0.15, 0.2) is 41.1 Å². The highest BCUT2D eigenvalue weighted by molar-refractivity contribution is 9.10. The van der Waals surface area contributed by atoms with Gasteiger partial charge in [0.15, 0.2) is 11.6 Å². The van der Waals surface area contributed by atoms with Crippen LogP contribution in [-0.4, -0.2) is 9.97 Å². The second-order valence-electron chi connectivity index (χ2n) is 4.26. The number of hydrogen-bond acceptors (Lipinski definition) is 4. The van der Waals surface area contributed by atoms with E-state index in [-0.39, 0.29) is 11.6 Å². The van der Waals surface area contributed by atoms with Crippen LogP contribution < -0.4 is 10.5 Å². The number of aromatic nitrogens is 2. The molecule has 3 aromatic rings. The lowest BCUT2D eigenvalue weighted by Crippen LogP contribution is -1.96. The number of halogens is 3. The fourth-order valence-electron chi connectivity index (χ4n) is 1.84. The first-order valence-electron chi connectivity index (χ1n) is 5.87. The molecular formula is C14H8BrF2N3O. The van der Waals surface area contributed by atoms with Gasteiger partial charge in [-0.3, -0.25) is 0 Å². The summed E-state index contributed by atoms with van der Waals surface area (Å²) in [6.07, 6.45) is 1.27. The molecule has 0 saturated carbocycles. The Bertz CT molecular complexity index is 842. The maximum absolute atomic E-state index is 13.7. The van der Waals surface area contributed by atoms with Gasteiger partial charge in [-0.25, -0.2) is 14.4 Å². The monoisotopic (exact) mass is 351 g/mol. The molecule has 0 aliphatic rings. The Balaban J connectivity index is 2.10. The van der Waals surface area contributed by atoms with Gasteiger partial charge in [0.25, 0.3) is 0 Å². The van der Waals surface area contributed by atoms with Crippen molar-refractivity contribution in [1.29, 1.82) is 0 Å². The largest absolute Gasteiger partial charge is 0.435 e. The first kappa shape index (κ1) is 13.7. The average Bonchev–Trinajstić information content (AvgIpc) is 2.44. The van der Waals surface area contributed by atoms with Crippen LogP contribution in [0.5, 0.6) is 11.6 Å². The average molecular weight is 352 g/mol. The van der Waals surface area contributed by atoms with Crippen molar-refractivity contribution in [2.45, 2.75) is 0 Å². The summed E-state index contributed by atoms with van der Waals surface area (Å²) in [6, 6.07) is 7.29. The van der Waals surface area contributed by atoms with Crippen LogP contribution in [0.4, 0.5) is 14.5 Å². The minimum Gasteiger partial charge on any atom is -0.435 e. The highest BCUT2D eigenvalue weighted by Crippen LogP contribution is 2.32. The summed E-state index contributed by atoms with van der Waals surface area (Å²) < 4.78 is 32.9. The first-order valence-corrected chi connectivity index (χ1v) is 6.66. The molecule has 0 radical (unpaired) electrons. The Labute approximate surface area is 126 Å². The first-order chi connectivity index (χ1) is 10.0. The second kappa shape index (κ2) is 5.25.